The first-order valence-corrected chi connectivity index (χ1v) is 11.0. The predicted octanol–water partition coefficient (Wildman–Crippen LogP) is 2.65. The van der Waals surface area contributed by atoms with Gasteiger partial charge in [0.2, 0.25) is 5.91 Å². The Hall–Kier alpha value is -3.23. The summed E-state index contributed by atoms with van der Waals surface area (Å²) in [4.78, 5) is 16.8. The molecule has 0 spiro atoms. The molecule has 3 N–H and O–H groups in total. The topological polar surface area (TPSA) is 102 Å². The molecule has 0 radical (unpaired) electrons. The molecule has 1 aliphatic rings. The van der Waals surface area contributed by atoms with Gasteiger partial charge in [0, 0.05) is 49.2 Å². The van der Waals surface area contributed by atoms with E-state index in [9.17, 15) is 4.79 Å². The molecule has 1 atom stereocenters. The quantitative estimate of drug-likeness (QED) is 0.450. The van der Waals surface area contributed by atoms with Gasteiger partial charge in [-0.25, -0.2) is 4.99 Å². The van der Waals surface area contributed by atoms with E-state index in [1.165, 1.54) is 0 Å². The molecule has 0 saturated heterocycles. The van der Waals surface area contributed by atoms with Crippen LogP contribution in [-0.4, -0.2) is 53.5 Å². The number of anilines is 1. The molecule has 1 unspecified atom stereocenters. The van der Waals surface area contributed by atoms with E-state index in [0.29, 0.717) is 37.4 Å². The molecule has 0 bridgehead atoms. The van der Waals surface area contributed by atoms with Gasteiger partial charge in [0.1, 0.15) is 6.54 Å². The van der Waals surface area contributed by atoms with E-state index < -0.39 is 0 Å². The van der Waals surface area contributed by atoms with Crippen LogP contribution in [0.3, 0.4) is 0 Å². The molecule has 1 amide bonds. The van der Waals surface area contributed by atoms with Crippen LogP contribution in [0.1, 0.15) is 34.1 Å². The van der Waals surface area contributed by atoms with Gasteiger partial charge in [-0.2, -0.15) is 5.10 Å². The highest BCUT2D eigenvalue weighted by Gasteiger charge is 2.15. The number of nitrogens with one attached hydrogen (secondary N) is 3. The number of ether oxygens (including phenoxy) is 2. The molecule has 9 heteroatoms. The lowest BCUT2D eigenvalue weighted by Gasteiger charge is -2.20. The van der Waals surface area contributed by atoms with E-state index in [-0.39, 0.29) is 18.0 Å². The van der Waals surface area contributed by atoms with Crippen LogP contribution in [0.5, 0.6) is 11.5 Å². The van der Waals surface area contributed by atoms with Gasteiger partial charge in [0.05, 0.1) is 13.2 Å². The van der Waals surface area contributed by atoms with Crippen LogP contribution in [0, 0.1) is 5.92 Å². The number of carbonyl (C=O) groups excluding carboxylic acids is 1. The SMILES string of the molecule is CC(CNC(=NCC(=O)NC(C)(C)C)Nc1ccc2c(c1)OCCCO2)Cn1cccn1. The molecule has 0 fully saturated rings. The van der Waals surface area contributed by atoms with Crippen molar-refractivity contribution in [1.82, 2.24) is 20.4 Å². The first kappa shape index (κ1) is 23.4. The highest BCUT2D eigenvalue weighted by atomic mass is 16.5. The smallest absolute Gasteiger partial charge is 0.242 e. The Bertz CT molecular complexity index is 905. The van der Waals surface area contributed by atoms with Crippen molar-refractivity contribution in [2.24, 2.45) is 10.9 Å². The fraction of sp³-hybridized carbons (Fsp3) is 0.522. The highest BCUT2D eigenvalue weighted by Crippen LogP contribution is 2.32. The van der Waals surface area contributed by atoms with Gasteiger partial charge in [0.25, 0.3) is 0 Å². The van der Waals surface area contributed by atoms with Gasteiger partial charge in [-0.05, 0) is 44.9 Å². The minimum Gasteiger partial charge on any atom is -0.490 e. The van der Waals surface area contributed by atoms with Crippen molar-refractivity contribution in [3.05, 3.63) is 36.7 Å². The van der Waals surface area contributed by atoms with Crippen molar-refractivity contribution in [1.29, 1.82) is 0 Å². The lowest BCUT2D eigenvalue weighted by Crippen LogP contribution is -2.42. The Kier molecular flexibility index (Phi) is 7.97. The molecule has 1 aliphatic heterocycles. The van der Waals surface area contributed by atoms with E-state index in [4.69, 9.17) is 9.47 Å². The van der Waals surface area contributed by atoms with E-state index in [1.54, 1.807) is 6.20 Å². The maximum absolute atomic E-state index is 12.3. The molecule has 9 nitrogen and oxygen atoms in total. The first-order chi connectivity index (χ1) is 15.3. The number of benzene rings is 1. The van der Waals surface area contributed by atoms with Gasteiger partial charge >= 0.3 is 0 Å². The number of aliphatic imine (C=N–C) groups is 1. The van der Waals surface area contributed by atoms with Crippen molar-refractivity contribution in [3.63, 3.8) is 0 Å². The van der Waals surface area contributed by atoms with Crippen LogP contribution in [0.25, 0.3) is 0 Å². The van der Waals surface area contributed by atoms with Crippen molar-refractivity contribution in [3.8, 4) is 11.5 Å². The van der Waals surface area contributed by atoms with Crippen LogP contribution < -0.4 is 25.4 Å². The zero-order valence-electron chi connectivity index (χ0n) is 19.4. The number of nitrogens with zero attached hydrogens (tertiary/aromatic N) is 3. The summed E-state index contributed by atoms with van der Waals surface area (Å²) in [6.45, 7) is 10.7. The summed E-state index contributed by atoms with van der Waals surface area (Å²) in [5.41, 5.74) is 0.497. The fourth-order valence-electron chi connectivity index (χ4n) is 3.19. The monoisotopic (exact) mass is 442 g/mol. The van der Waals surface area contributed by atoms with E-state index in [1.807, 2.05) is 55.9 Å². The van der Waals surface area contributed by atoms with Crippen molar-refractivity contribution < 1.29 is 14.3 Å². The van der Waals surface area contributed by atoms with Gasteiger partial charge in [-0.15, -0.1) is 0 Å². The Labute approximate surface area is 189 Å². The maximum atomic E-state index is 12.3. The standard InChI is InChI=1S/C23H34N6O3/c1-17(16-29-10-5-9-26-29)14-24-22(25-15-21(30)28-23(2,3)4)27-18-7-8-19-20(13-18)32-12-6-11-31-19/h5,7-10,13,17H,6,11-12,14-16H2,1-4H3,(H,28,30)(H2,24,25,27). The molecule has 0 saturated carbocycles. The van der Waals surface area contributed by atoms with Crippen LogP contribution in [0.2, 0.25) is 0 Å². The van der Waals surface area contributed by atoms with Crippen molar-refractivity contribution in [2.75, 3.05) is 31.6 Å². The summed E-state index contributed by atoms with van der Waals surface area (Å²) >= 11 is 0. The largest absolute Gasteiger partial charge is 0.490 e. The number of aromatic nitrogens is 2. The third kappa shape index (κ3) is 7.79. The summed E-state index contributed by atoms with van der Waals surface area (Å²) in [7, 11) is 0. The molecule has 2 heterocycles. The Balaban J connectivity index is 1.67. The summed E-state index contributed by atoms with van der Waals surface area (Å²) in [6, 6.07) is 7.59. The second-order valence-electron chi connectivity index (χ2n) is 9.01. The molecule has 1 aromatic carbocycles. The molecule has 174 valence electrons. The van der Waals surface area contributed by atoms with Gasteiger partial charge in [0.15, 0.2) is 17.5 Å². The molecule has 32 heavy (non-hydrogen) atoms. The number of hydrogen-bond donors (Lipinski definition) is 3. The lowest BCUT2D eigenvalue weighted by molar-refractivity contribution is -0.121. The minimum atomic E-state index is -0.305. The summed E-state index contributed by atoms with van der Waals surface area (Å²) in [6.07, 6.45) is 4.56. The molecule has 1 aromatic heterocycles. The van der Waals surface area contributed by atoms with Crippen molar-refractivity contribution >= 4 is 17.6 Å². The van der Waals surface area contributed by atoms with Crippen LogP contribution in [0.4, 0.5) is 5.69 Å². The Morgan fingerprint density at radius 2 is 2.03 bits per heavy atom. The third-order valence-corrected chi connectivity index (χ3v) is 4.58. The second-order valence-corrected chi connectivity index (χ2v) is 9.01. The van der Waals surface area contributed by atoms with E-state index >= 15 is 0 Å². The number of fused-ring (bicyclic) bond motifs is 1. The van der Waals surface area contributed by atoms with Gasteiger partial charge in [-0.1, -0.05) is 6.92 Å². The minimum absolute atomic E-state index is 0.0185. The third-order valence-electron chi connectivity index (χ3n) is 4.58. The van der Waals surface area contributed by atoms with Crippen LogP contribution in [0.15, 0.2) is 41.7 Å². The molecule has 2 aromatic rings. The zero-order valence-corrected chi connectivity index (χ0v) is 19.4. The van der Waals surface area contributed by atoms with Crippen LogP contribution >= 0.6 is 0 Å². The van der Waals surface area contributed by atoms with E-state index in [0.717, 1.165) is 24.4 Å². The normalized spacial score (nSPS) is 14.9. The van der Waals surface area contributed by atoms with Crippen LogP contribution in [-0.2, 0) is 11.3 Å². The first-order valence-electron chi connectivity index (χ1n) is 11.0. The lowest BCUT2D eigenvalue weighted by atomic mass is 10.1. The summed E-state index contributed by atoms with van der Waals surface area (Å²) < 4.78 is 13.4. The van der Waals surface area contributed by atoms with Gasteiger partial charge in [-0.3, -0.25) is 9.48 Å². The van der Waals surface area contributed by atoms with Crippen molar-refractivity contribution in [2.45, 2.75) is 46.2 Å². The average Bonchev–Trinajstić information content (AvgIpc) is 3.11. The predicted molar refractivity (Wildman–Crippen MR) is 125 cm³/mol. The Morgan fingerprint density at radius 1 is 1.25 bits per heavy atom. The summed E-state index contributed by atoms with van der Waals surface area (Å²) in [5.74, 6) is 2.12. The molecular formula is C23H34N6O3. The second kappa shape index (κ2) is 10.9. The number of guanidine groups is 1. The highest BCUT2D eigenvalue weighted by molar-refractivity contribution is 5.95. The zero-order chi connectivity index (χ0) is 23.0. The number of hydrogen-bond acceptors (Lipinski definition) is 5. The fourth-order valence-corrected chi connectivity index (χ4v) is 3.19. The molecule has 3 rings (SSSR count). The van der Waals surface area contributed by atoms with E-state index in [2.05, 4.69) is 33.0 Å². The summed E-state index contributed by atoms with van der Waals surface area (Å²) in [5, 5.41) is 13.8. The van der Waals surface area contributed by atoms with Gasteiger partial charge < -0.3 is 25.4 Å². The molecule has 0 aliphatic carbocycles. The molecular weight excluding hydrogens is 408 g/mol. The maximum Gasteiger partial charge on any atom is 0.242 e. The number of carbonyl (C=O) groups is 1. The number of amides is 1. The number of rotatable bonds is 7. The Morgan fingerprint density at radius 3 is 2.75 bits per heavy atom. The average molecular weight is 443 g/mol.